The van der Waals surface area contributed by atoms with E-state index in [2.05, 4.69) is 28.9 Å². The summed E-state index contributed by atoms with van der Waals surface area (Å²) in [5.74, 6) is 1.56. The number of aryl methyl sites for hydroxylation is 2. The Labute approximate surface area is 193 Å². The largest absolute Gasteiger partial charge is 0.465 e. The molecule has 0 unspecified atom stereocenters. The molecule has 1 aromatic rings. The van der Waals surface area contributed by atoms with Gasteiger partial charge in [-0.2, -0.15) is 0 Å². The van der Waals surface area contributed by atoms with Gasteiger partial charge in [0, 0.05) is 24.7 Å². The highest BCUT2D eigenvalue weighted by Gasteiger charge is 2.32. The lowest BCUT2D eigenvalue weighted by Crippen LogP contribution is -2.45. The first-order valence-electron chi connectivity index (χ1n) is 12.3. The number of benzene rings is 1. The number of likely N-dealkylation sites (tertiary alicyclic amines) is 2. The van der Waals surface area contributed by atoms with Gasteiger partial charge in [0.05, 0.1) is 13.2 Å². The minimum Gasteiger partial charge on any atom is -0.465 e. The molecule has 0 bridgehead atoms. The molecule has 2 heterocycles. The van der Waals surface area contributed by atoms with E-state index in [0.29, 0.717) is 25.0 Å². The van der Waals surface area contributed by atoms with E-state index in [1.165, 1.54) is 5.56 Å². The van der Waals surface area contributed by atoms with Gasteiger partial charge in [0.15, 0.2) is 0 Å². The normalized spacial score (nSPS) is 19.7. The lowest BCUT2D eigenvalue weighted by atomic mass is 9.78. The first-order chi connectivity index (χ1) is 15.3. The predicted octanol–water partition coefficient (Wildman–Crippen LogP) is 3.58. The summed E-state index contributed by atoms with van der Waals surface area (Å²) in [6, 6.07) is 4.24. The zero-order valence-electron chi connectivity index (χ0n) is 20.4. The Morgan fingerprint density at radius 1 is 1.03 bits per heavy atom. The molecule has 0 spiro atoms. The number of nitrogen functional groups attached to an aromatic ring is 1. The second-order valence-electron chi connectivity index (χ2n) is 9.83. The van der Waals surface area contributed by atoms with Gasteiger partial charge in [-0.05, 0) is 94.5 Å². The maximum Gasteiger partial charge on any atom is 0.320 e. The Hall–Kier alpha value is -2.08. The van der Waals surface area contributed by atoms with Crippen molar-refractivity contribution in [2.75, 3.05) is 45.1 Å². The zero-order valence-corrected chi connectivity index (χ0v) is 20.4. The summed E-state index contributed by atoms with van der Waals surface area (Å²) in [5.41, 5.74) is 10.3. The Bertz CT molecular complexity index is 771. The third-order valence-electron chi connectivity index (χ3n) is 7.43. The van der Waals surface area contributed by atoms with Crippen LogP contribution in [0.3, 0.4) is 0 Å². The molecular formula is C26H41N3O3. The molecule has 2 fully saturated rings. The molecule has 6 heteroatoms. The van der Waals surface area contributed by atoms with Gasteiger partial charge in [-0.25, -0.2) is 0 Å². The number of hydrogen-bond donors (Lipinski definition) is 1. The van der Waals surface area contributed by atoms with Crippen molar-refractivity contribution in [3.63, 3.8) is 0 Å². The summed E-state index contributed by atoms with van der Waals surface area (Å²) in [5, 5.41) is 0. The molecule has 1 amide bonds. The SMILES string of the molecule is CCOC(=O)CN1CCC(C2CCN(C(=O)[C@H](C)Cc3cc(C)c(N)c(C)c3)CC2)CC1. The Morgan fingerprint density at radius 2 is 1.56 bits per heavy atom. The molecule has 3 rings (SSSR count). The van der Waals surface area contributed by atoms with Crippen LogP contribution in [0.15, 0.2) is 12.1 Å². The fraction of sp³-hybridized carbons (Fsp3) is 0.692. The van der Waals surface area contributed by atoms with Gasteiger partial charge in [-0.1, -0.05) is 19.1 Å². The number of carbonyl (C=O) groups is 2. The molecule has 2 N–H and O–H groups in total. The highest BCUT2D eigenvalue weighted by atomic mass is 16.5. The third-order valence-corrected chi connectivity index (χ3v) is 7.43. The van der Waals surface area contributed by atoms with E-state index in [1.54, 1.807) is 0 Å². The average Bonchev–Trinajstić information content (AvgIpc) is 2.77. The lowest BCUT2D eigenvalue weighted by molar-refractivity contribution is -0.144. The van der Waals surface area contributed by atoms with E-state index in [-0.39, 0.29) is 17.8 Å². The Balaban J connectivity index is 1.43. The predicted molar refractivity (Wildman–Crippen MR) is 128 cm³/mol. The number of amides is 1. The standard InChI is InChI=1S/C26H41N3O3/c1-5-32-24(30)17-28-10-6-22(7-11-28)23-8-12-29(13-9-23)26(31)20(4)16-21-14-18(2)25(27)19(3)15-21/h14-15,20,22-23H,5-13,16-17,27H2,1-4H3/t20-/m1/s1. The molecule has 0 saturated carbocycles. The van der Waals surface area contributed by atoms with Crippen LogP contribution in [-0.4, -0.2) is 61.0 Å². The highest BCUT2D eigenvalue weighted by molar-refractivity contribution is 5.79. The van der Waals surface area contributed by atoms with E-state index in [1.807, 2.05) is 20.8 Å². The fourth-order valence-electron chi connectivity index (χ4n) is 5.50. The first-order valence-corrected chi connectivity index (χ1v) is 12.3. The molecular weight excluding hydrogens is 402 g/mol. The van der Waals surface area contributed by atoms with Crippen molar-refractivity contribution in [2.24, 2.45) is 17.8 Å². The minimum atomic E-state index is -0.115. The summed E-state index contributed by atoms with van der Waals surface area (Å²) < 4.78 is 5.07. The number of esters is 1. The van der Waals surface area contributed by atoms with E-state index < -0.39 is 0 Å². The monoisotopic (exact) mass is 443 g/mol. The number of piperidine rings is 2. The smallest absolute Gasteiger partial charge is 0.320 e. The van der Waals surface area contributed by atoms with Crippen LogP contribution in [0.2, 0.25) is 0 Å². The van der Waals surface area contributed by atoms with Gasteiger partial charge in [0.25, 0.3) is 0 Å². The number of carbonyl (C=O) groups excluding carboxylic acids is 2. The van der Waals surface area contributed by atoms with Crippen molar-refractivity contribution >= 4 is 17.6 Å². The number of anilines is 1. The van der Waals surface area contributed by atoms with Crippen LogP contribution in [-0.2, 0) is 20.7 Å². The van der Waals surface area contributed by atoms with Crippen molar-refractivity contribution in [1.29, 1.82) is 0 Å². The van der Waals surface area contributed by atoms with Crippen LogP contribution in [0.4, 0.5) is 5.69 Å². The summed E-state index contributed by atoms with van der Waals surface area (Å²) in [6.07, 6.45) is 5.25. The van der Waals surface area contributed by atoms with E-state index in [9.17, 15) is 9.59 Å². The van der Waals surface area contributed by atoms with Crippen molar-refractivity contribution in [3.05, 3.63) is 28.8 Å². The molecule has 6 nitrogen and oxygen atoms in total. The molecule has 32 heavy (non-hydrogen) atoms. The van der Waals surface area contributed by atoms with E-state index in [0.717, 1.165) is 75.1 Å². The quantitative estimate of drug-likeness (QED) is 0.515. The molecule has 0 aliphatic carbocycles. The number of nitrogens with two attached hydrogens (primary N) is 1. The van der Waals surface area contributed by atoms with Gasteiger partial charge in [0.2, 0.25) is 5.91 Å². The summed E-state index contributed by atoms with van der Waals surface area (Å²) in [6.45, 7) is 12.5. The Morgan fingerprint density at radius 3 is 2.09 bits per heavy atom. The zero-order chi connectivity index (χ0) is 23.3. The second kappa shape index (κ2) is 11.2. The van der Waals surface area contributed by atoms with Crippen molar-refractivity contribution < 1.29 is 14.3 Å². The molecule has 1 aromatic carbocycles. The van der Waals surface area contributed by atoms with Crippen molar-refractivity contribution in [3.8, 4) is 0 Å². The maximum absolute atomic E-state index is 13.1. The number of hydrogen-bond acceptors (Lipinski definition) is 5. The first kappa shape index (κ1) is 24.6. The molecule has 1 atom stereocenters. The average molecular weight is 444 g/mol. The van der Waals surface area contributed by atoms with Gasteiger partial charge in [0.1, 0.15) is 0 Å². The van der Waals surface area contributed by atoms with Crippen LogP contribution in [0.1, 0.15) is 56.2 Å². The van der Waals surface area contributed by atoms with Crippen LogP contribution < -0.4 is 5.73 Å². The number of rotatable bonds is 7. The van der Waals surface area contributed by atoms with Crippen molar-refractivity contribution in [1.82, 2.24) is 9.80 Å². The molecule has 2 aliphatic heterocycles. The molecule has 0 radical (unpaired) electrons. The Kier molecular flexibility index (Phi) is 8.57. The van der Waals surface area contributed by atoms with Crippen LogP contribution in [0.5, 0.6) is 0 Å². The van der Waals surface area contributed by atoms with Gasteiger partial charge < -0.3 is 15.4 Å². The highest BCUT2D eigenvalue weighted by Crippen LogP contribution is 2.33. The van der Waals surface area contributed by atoms with E-state index >= 15 is 0 Å². The lowest BCUT2D eigenvalue weighted by Gasteiger charge is -2.40. The minimum absolute atomic E-state index is 0.0138. The fourth-order valence-corrected chi connectivity index (χ4v) is 5.50. The van der Waals surface area contributed by atoms with Gasteiger partial charge in [-0.15, -0.1) is 0 Å². The second-order valence-corrected chi connectivity index (χ2v) is 9.83. The topological polar surface area (TPSA) is 75.9 Å². The molecule has 2 aliphatic rings. The molecule has 178 valence electrons. The number of ether oxygens (including phenoxy) is 1. The molecule has 2 saturated heterocycles. The summed E-state index contributed by atoms with van der Waals surface area (Å²) in [7, 11) is 0. The van der Waals surface area contributed by atoms with Crippen LogP contribution in [0.25, 0.3) is 0 Å². The van der Waals surface area contributed by atoms with Crippen LogP contribution >= 0.6 is 0 Å². The maximum atomic E-state index is 13.1. The molecule has 0 aromatic heterocycles. The third kappa shape index (κ3) is 6.25. The van der Waals surface area contributed by atoms with Crippen molar-refractivity contribution in [2.45, 2.75) is 59.8 Å². The summed E-state index contributed by atoms with van der Waals surface area (Å²) in [4.78, 5) is 29.1. The van der Waals surface area contributed by atoms with Gasteiger partial charge in [-0.3, -0.25) is 14.5 Å². The number of nitrogens with zero attached hydrogens (tertiary/aromatic N) is 2. The van der Waals surface area contributed by atoms with E-state index in [4.69, 9.17) is 10.5 Å². The summed E-state index contributed by atoms with van der Waals surface area (Å²) >= 11 is 0. The van der Waals surface area contributed by atoms with Gasteiger partial charge >= 0.3 is 5.97 Å². The van der Waals surface area contributed by atoms with Crippen LogP contribution in [0, 0.1) is 31.6 Å².